The van der Waals surface area contributed by atoms with E-state index in [1.165, 1.54) is 5.56 Å². The first-order chi connectivity index (χ1) is 16.9. The van der Waals surface area contributed by atoms with E-state index in [0.717, 1.165) is 61.3 Å². The fraction of sp³-hybridized carbons (Fsp3) is 0.462. The summed E-state index contributed by atoms with van der Waals surface area (Å²) >= 11 is 0. The SMILES string of the molecule is Cc1cccc(COC(=O)N[C@@H](CNC(=O)C2CC(Cc3ccc4c(n3)NCCC4)C2)C(=O)O)c1. The van der Waals surface area contributed by atoms with Crippen LogP contribution >= 0.6 is 0 Å². The number of fused-ring (bicyclic) bond motifs is 1. The number of carbonyl (C=O) groups is 3. The van der Waals surface area contributed by atoms with Crippen molar-refractivity contribution < 1.29 is 24.2 Å². The van der Waals surface area contributed by atoms with Crippen LogP contribution in [0.2, 0.25) is 0 Å². The van der Waals surface area contributed by atoms with Crippen molar-refractivity contribution in [2.24, 2.45) is 11.8 Å². The van der Waals surface area contributed by atoms with Gasteiger partial charge in [0, 0.05) is 24.7 Å². The molecule has 2 heterocycles. The highest BCUT2D eigenvalue weighted by molar-refractivity contribution is 5.83. The minimum Gasteiger partial charge on any atom is -0.480 e. The number of hydrogen-bond donors (Lipinski definition) is 4. The second-order valence-corrected chi connectivity index (χ2v) is 9.42. The Morgan fingerprint density at radius 2 is 2.06 bits per heavy atom. The summed E-state index contributed by atoms with van der Waals surface area (Å²) in [4.78, 5) is 40.8. The number of pyridine rings is 1. The van der Waals surface area contributed by atoms with Gasteiger partial charge in [-0.05, 0) is 62.1 Å². The van der Waals surface area contributed by atoms with Crippen LogP contribution in [0.25, 0.3) is 0 Å². The summed E-state index contributed by atoms with van der Waals surface area (Å²) in [6.45, 7) is 2.71. The molecule has 1 aromatic carbocycles. The summed E-state index contributed by atoms with van der Waals surface area (Å²) < 4.78 is 5.12. The van der Waals surface area contributed by atoms with Crippen LogP contribution in [0, 0.1) is 18.8 Å². The number of carboxylic acid groups (broad SMARTS) is 1. The minimum absolute atomic E-state index is 0.0326. The summed E-state index contributed by atoms with van der Waals surface area (Å²) in [6.07, 6.45) is 3.64. The van der Waals surface area contributed by atoms with E-state index in [-0.39, 0.29) is 25.0 Å². The molecule has 0 radical (unpaired) electrons. The third kappa shape index (κ3) is 6.71. The van der Waals surface area contributed by atoms with Gasteiger partial charge in [-0.15, -0.1) is 0 Å². The molecule has 1 aliphatic heterocycles. The lowest BCUT2D eigenvalue weighted by molar-refractivity contribution is -0.139. The first-order valence-electron chi connectivity index (χ1n) is 12.1. The quantitative estimate of drug-likeness (QED) is 0.434. The molecule has 1 saturated carbocycles. The van der Waals surface area contributed by atoms with E-state index >= 15 is 0 Å². The standard InChI is InChI=1S/C26H32N4O5/c1-16-4-2-5-17(10-16)15-35-26(34)30-22(25(32)33)14-28-24(31)20-11-18(12-20)13-21-8-7-19-6-3-9-27-23(19)29-21/h2,4-5,7-8,10,18,20,22H,3,6,9,11-15H2,1H3,(H,27,29)(H,28,31)(H,30,34)(H,32,33)/t18?,20?,22-/m0/s1. The zero-order valence-electron chi connectivity index (χ0n) is 19.9. The first kappa shape index (κ1) is 24.5. The second kappa shape index (κ2) is 11.2. The second-order valence-electron chi connectivity index (χ2n) is 9.42. The Bertz CT molecular complexity index is 1080. The van der Waals surface area contributed by atoms with Crippen LogP contribution in [-0.2, 0) is 33.8 Å². The number of aliphatic carboxylic acids is 1. The van der Waals surface area contributed by atoms with Crippen molar-refractivity contribution in [2.45, 2.75) is 51.7 Å². The topological polar surface area (TPSA) is 130 Å². The van der Waals surface area contributed by atoms with E-state index in [2.05, 4.69) is 28.1 Å². The molecule has 0 unspecified atom stereocenters. The molecule has 9 heteroatoms. The third-order valence-corrected chi connectivity index (χ3v) is 6.58. The Morgan fingerprint density at radius 1 is 1.23 bits per heavy atom. The van der Waals surface area contributed by atoms with Crippen molar-refractivity contribution in [1.29, 1.82) is 0 Å². The molecule has 1 fully saturated rings. The van der Waals surface area contributed by atoms with Gasteiger partial charge in [0.2, 0.25) is 5.91 Å². The van der Waals surface area contributed by atoms with Gasteiger partial charge in [-0.3, -0.25) is 4.79 Å². The van der Waals surface area contributed by atoms with Crippen LogP contribution in [-0.4, -0.2) is 47.2 Å². The number of aryl methyl sites for hydroxylation is 2. The smallest absolute Gasteiger partial charge is 0.408 e. The van der Waals surface area contributed by atoms with E-state index in [0.29, 0.717) is 5.92 Å². The summed E-state index contributed by atoms with van der Waals surface area (Å²) in [7, 11) is 0. The molecular formula is C26H32N4O5. The molecule has 4 rings (SSSR count). The summed E-state index contributed by atoms with van der Waals surface area (Å²) in [5.41, 5.74) is 4.13. The third-order valence-electron chi connectivity index (χ3n) is 6.58. The Hall–Kier alpha value is -3.62. The van der Waals surface area contributed by atoms with Gasteiger partial charge in [0.05, 0.1) is 0 Å². The molecule has 9 nitrogen and oxygen atoms in total. The van der Waals surface area contributed by atoms with Crippen LogP contribution in [0.1, 0.15) is 41.6 Å². The zero-order chi connectivity index (χ0) is 24.8. The summed E-state index contributed by atoms with van der Waals surface area (Å²) in [6, 6.07) is 10.4. The molecule has 0 bridgehead atoms. The van der Waals surface area contributed by atoms with Gasteiger partial charge in [0.1, 0.15) is 18.5 Å². The molecule has 2 amide bonds. The highest BCUT2D eigenvalue weighted by Gasteiger charge is 2.35. The average Bonchev–Trinajstić information content (AvgIpc) is 2.82. The fourth-order valence-corrected chi connectivity index (χ4v) is 4.58. The Morgan fingerprint density at radius 3 is 2.83 bits per heavy atom. The molecule has 0 spiro atoms. The van der Waals surface area contributed by atoms with Crippen LogP contribution in [0.3, 0.4) is 0 Å². The van der Waals surface area contributed by atoms with Gasteiger partial charge in [0.25, 0.3) is 0 Å². The predicted molar refractivity (Wildman–Crippen MR) is 130 cm³/mol. The predicted octanol–water partition coefficient (Wildman–Crippen LogP) is 2.81. The van der Waals surface area contributed by atoms with E-state index in [1.807, 2.05) is 31.2 Å². The zero-order valence-corrected chi connectivity index (χ0v) is 19.9. The van der Waals surface area contributed by atoms with E-state index in [1.54, 1.807) is 0 Å². The largest absolute Gasteiger partial charge is 0.480 e. The van der Waals surface area contributed by atoms with Crippen LogP contribution in [0.4, 0.5) is 10.6 Å². The Labute approximate surface area is 204 Å². The molecular weight excluding hydrogens is 448 g/mol. The van der Waals surface area contributed by atoms with E-state index in [4.69, 9.17) is 9.72 Å². The van der Waals surface area contributed by atoms with Crippen molar-refractivity contribution in [1.82, 2.24) is 15.6 Å². The first-order valence-corrected chi connectivity index (χ1v) is 12.1. The normalized spacial score (nSPS) is 19.3. The van der Waals surface area contributed by atoms with Gasteiger partial charge in [0.15, 0.2) is 0 Å². The van der Waals surface area contributed by atoms with Gasteiger partial charge in [-0.1, -0.05) is 35.9 Å². The molecule has 1 aliphatic carbocycles. The summed E-state index contributed by atoms with van der Waals surface area (Å²) in [5, 5.41) is 17.7. The van der Waals surface area contributed by atoms with E-state index in [9.17, 15) is 19.5 Å². The number of hydrogen-bond acceptors (Lipinski definition) is 6. The molecule has 35 heavy (non-hydrogen) atoms. The molecule has 2 aromatic rings. The van der Waals surface area contributed by atoms with Crippen LogP contribution in [0.15, 0.2) is 36.4 Å². The van der Waals surface area contributed by atoms with Gasteiger partial charge < -0.3 is 25.8 Å². The number of nitrogens with zero attached hydrogens (tertiary/aromatic N) is 1. The Balaban J connectivity index is 1.18. The maximum Gasteiger partial charge on any atom is 0.408 e. The minimum atomic E-state index is -1.27. The number of carbonyl (C=O) groups excluding carboxylic acids is 2. The van der Waals surface area contributed by atoms with Crippen molar-refractivity contribution >= 4 is 23.8 Å². The number of nitrogens with one attached hydrogen (secondary N) is 3. The number of benzene rings is 1. The van der Waals surface area contributed by atoms with Crippen molar-refractivity contribution in [3.8, 4) is 0 Å². The highest BCUT2D eigenvalue weighted by atomic mass is 16.5. The molecule has 1 atom stereocenters. The Kier molecular flexibility index (Phi) is 7.84. The number of aromatic nitrogens is 1. The number of ether oxygens (including phenoxy) is 1. The summed E-state index contributed by atoms with van der Waals surface area (Å²) in [5.74, 6) is -0.228. The van der Waals surface area contributed by atoms with Gasteiger partial charge in [-0.2, -0.15) is 0 Å². The van der Waals surface area contributed by atoms with Crippen LogP contribution in [0.5, 0.6) is 0 Å². The van der Waals surface area contributed by atoms with Gasteiger partial charge >= 0.3 is 12.1 Å². The monoisotopic (exact) mass is 480 g/mol. The number of alkyl carbamates (subject to hydrolysis) is 1. The number of anilines is 1. The molecule has 186 valence electrons. The van der Waals surface area contributed by atoms with Crippen molar-refractivity contribution in [3.05, 3.63) is 58.8 Å². The van der Waals surface area contributed by atoms with Crippen molar-refractivity contribution in [3.63, 3.8) is 0 Å². The number of carboxylic acids is 1. The number of amides is 2. The van der Waals surface area contributed by atoms with Gasteiger partial charge in [-0.25, -0.2) is 14.6 Å². The molecule has 2 aliphatic rings. The fourth-order valence-electron chi connectivity index (χ4n) is 4.58. The number of rotatable bonds is 9. The maximum absolute atomic E-state index is 12.5. The van der Waals surface area contributed by atoms with Crippen LogP contribution < -0.4 is 16.0 Å². The average molecular weight is 481 g/mol. The lowest BCUT2D eigenvalue weighted by Gasteiger charge is -2.34. The van der Waals surface area contributed by atoms with Crippen molar-refractivity contribution in [2.75, 3.05) is 18.4 Å². The highest BCUT2D eigenvalue weighted by Crippen LogP contribution is 2.36. The molecule has 0 saturated heterocycles. The lowest BCUT2D eigenvalue weighted by atomic mass is 9.72. The molecule has 4 N–H and O–H groups in total. The maximum atomic E-state index is 12.5. The molecule has 1 aromatic heterocycles. The lowest BCUT2D eigenvalue weighted by Crippen LogP contribution is -2.50. The van der Waals surface area contributed by atoms with E-state index < -0.39 is 18.1 Å².